The highest BCUT2D eigenvalue weighted by Crippen LogP contribution is 2.28. The minimum atomic E-state index is 0.368. The lowest BCUT2D eigenvalue weighted by atomic mass is 10.0. The maximum atomic E-state index is 12.3. The molecule has 0 spiro atoms. The second-order valence-corrected chi connectivity index (χ2v) is 5.60. The highest BCUT2D eigenvalue weighted by atomic mass is 16.2. The van der Waals surface area contributed by atoms with Gasteiger partial charge in [0.1, 0.15) is 0 Å². The molecule has 0 radical (unpaired) electrons. The van der Waals surface area contributed by atoms with E-state index in [1.54, 1.807) is 0 Å². The normalized spacial score (nSPS) is 32.0. The first kappa shape index (κ1) is 10.6. The van der Waals surface area contributed by atoms with Crippen LogP contribution in [0.4, 0.5) is 0 Å². The first-order chi connectivity index (χ1) is 7.84. The Labute approximate surface area is 97.8 Å². The van der Waals surface area contributed by atoms with Gasteiger partial charge >= 0.3 is 0 Å². The molecular formula is C13H22N2O. The molecule has 0 bridgehead atoms. The van der Waals surface area contributed by atoms with E-state index >= 15 is 0 Å². The molecular weight excluding hydrogens is 200 g/mol. The Morgan fingerprint density at radius 2 is 1.75 bits per heavy atom. The summed E-state index contributed by atoms with van der Waals surface area (Å²) in [6.45, 7) is 4.36. The molecule has 2 heterocycles. The highest BCUT2D eigenvalue weighted by Gasteiger charge is 2.35. The fourth-order valence-corrected chi connectivity index (χ4v) is 3.62. The van der Waals surface area contributed by atoms with Crippen molar-refractivity contribution in [2.45, 2.75) is 44.6 Å². The van der Waals surface area contributed by atoms with Gasteiger partial charge in [-0.1, -0.05) is 12.8 Å². The van der Waals surface area contributed by atoms with Gasteiger partial charge < -0.3 is 4.90 Å². The predicted octanol–water partition coefficient (Wildman–Crippen LogP) is 1.48. The Hall–Kier alpha value is -0.570. The van der Waals surface area contributed by atoms with Crippen molar-refractivity contribution < 1.29 is 4.79 Å². The van der Waals surface area contributed by atoms with E-state index in [2.05, 4.69) is 9.80 Å². The summed E-state index contributed by atoms with van der Waals surface area (Å²) in [5, 5.41) is 0. The number of rotatable bonds is 1. The average Bonchev–Trinajstić information content (AvgIpc) is 2.98. The number of hydrogen-bond acceptors (Lipinski definition) is 2. The lowest BCUT2D eigenvalue weighted by molar-refractivity contribution is -0.137. The molecule has 0 aromatic carbocycles. The molecule has 2 aliphatic heterocycles. The minimum absolute atomic E-state index is 0.368. The summed E-state index contributed by atoms with van der Waals surface area (Å²) < 4.78 is 0. The van der Waals surface area contributed by atoms with Gasteiger partial charge in [0.25, 0.3) is 0 Å². The summed E-state index contributed by atoms with van der Waals surface area (Å²) >= 11 is 0. The van der Waals surface area contributed by atoms with E-state index in [0.717, 1.165) is 32.5 Å². The summed E-state index contributed by atoms with van der Waals surface area (Å²) in [5.41, 5.74) is 0. The lowest BCUT2D eigenvalue weighted by Crippen LogP contribution is -2.53. The van der Waals surface area contributed by atoms with Crippen molar-refractivity contribution in [2.75, 3.05) is 26.2 Å². The Kier molecular flexibility index (Phi) is 2.88. The van der Waals surface area contributed by atoms with Gasteiger partial charge in [0.2, 0.25) is 5.91 Å². The van der Waals surface area contributed by atoms with Gasteiger partial charge in [-0.2, -0.15) is 0 Å². The van der Waals surface area contributed by atoms with Gasteiger partial charge in [-0.15, -0.1) is 0 Å². The minimum Gasteiger partial charge on any atom is -0.340 e. The molecule has 0 aromatic rings. The molecule has 2 saturated heterocycles. The average molecular weight is 222 g/mol. The molecule has 1 atom stereocenters. The highest BCUT2D eigenvalue weighted by molar-refractivity contribution is 5.79. The number of fused-ring (bicyclic) bond motifs is 1. The van der Waals surface area contributed by atoms with Crippen molar-refractivity contribution in [3.05, 3.63) is 0 Å². The first-order valence-electron chi connectivity index (χ1n) is 6.87. The largest absolute Gasteiger partial charge is 0.340 e. The van der Waals surface area contributed by atoms with Crippen LogP contribution in [0.1, 0.15) is 38.5 Å². The molecule has 3 heteroatoms. The smallest absolute Gasteiger partial charge is 0.225 e. The Balaban J connectivity index is 1.60. The van der Waals surface area contributed by atoms with Crippen molar-refractivity contribution >= 4 is 5.91 Å². The van der Waals surface area contributed by atoms with Gasteiger partial charge in [-0.3, -0.25) is 9.69 Å². The van der Waals surface area contributed by atoms with Crippen molar-refractivity contribution in [3.63, 3.8) is 0 Å². The monoisotopic (exact) mass is 222 g/mol. The number of nitrogens with zero attached hydrogens (tertiary/aromatic N) is 2. The van der Waals surface area contributed by atoms with E-state index in [0.29, 0.717) is 17.9 Å². The van der Waals surface area contributed by atoms with Crippen LogP contribution in [0.3, 0.4) is 0 Å². The number of piperazine rings is 1. The van der Waals surface area contributed by atoms with E-state index < -0.39 is 0 Å². The molecule has 0 N–H and O–H groups in total. The van der Waals surface area contributed by atoms with Gasteiger partial charge in [-0.25, -0.2) is 0 Å². The van der Waals surface area contributed by atoms with Crippen molar-refractivity contribution in [1.29, 1.82) is 0 Å². The molecule has 3 rings (SSSR count). The Morgan fingerprint density at radius 1 is 0.938 bits per heavy atom. The fraction of sp³-hybridized carbons (Fsp3) is 0.923. The van der Waals surface area contributed by atoms with Crippen LogP contribution < -0.4 is 0 Å². The van der Waals surface area contributed by atoms with Gasteiger partial charge in [0, 0.05) is 31.6 Å². The van der Waals surface area contributed by atoms with Gasteiger partial charge in [-0.05, 0) is 32.2 Å². The molecule has 3 aliphatic rings. The van der Waals surface area contributed by atoms with Crippen molar-refractivity contribution in [1.82, 2.24) is 9.80 Å². The Bertz CT molecular complexity index is 273. The van der Waals surface area contributed by atoms with Crippen molar-refractivity contribution in [2.24, 2.45) is 5.92 Å². The second-order valence-electron chi connectivity index (χ2n) is 5.60. The number of carbonyl (C=O) groups is 1. The third kappa shape index (κ3) is 1.86. The summed E-state index contributed by atoms with van der Waals surface area (Å²) in [5.74, 6) is 0.831. The number of amides is 1. The van der Waals surface area contributed by atoms with Crippen LogP contribution in [0.15, 0.2) is 0 Å². The summed E-state index contributed by atoms with van der Waals surface area (Å²) in [6.07, 6.45) is 7.44. The number of carbonyl (C=O) groups excluding carboxylic acids is 1. The third-order valence-corrected chi connectivity index (χ3v) is 4.60. The van der Waals surface area contributed by atoms with Crippen LogP contribution in [0.25, 0.3) is 0 Å². The van der Waals surface area contributed by atoms with Gasteiger partial charge in [0.05, 0.1) is 0 Å². The van der Waals surface area contributed by atoms with Crippen LogP contribution >= 0.6 is 0 Å². The summed E-state index contributed by atoms with van der Waals surface area (Å²) in [4.78, 5) is 17.0. The molecule has 1 amide bonds. The van der Waals surface area contributed by atoms with Gasteiger partial charge in [0.15, 0.2) is 0 Å². The fourth-order valence-electron chi connectivity index (χ4n) is 3.62. The summed E-state index contributed by atoms with van der Waals surface area (Å²) in [7, 11) is 0. The molecule has 90 valence electrons. The lowest BCUT2D eigenvalue weighted by Gasteiger charge is -2.38. The molecule has 3 fully saturated rings. The SMILES string of the molecule is O=C(C1CCCC1)N1CCN2CCCC2C1. The molecule has 3 nitrogen and oxygen atoms in total. The van der Waals surface area contributed by atoms with E-state index in [1.807, 2.05) is 0 Å². The van der Waals surface area contributed by atoms with Crippen LogP contribution in [0.2, 0.25) is 0 Å². The third-order valence-electron chi connectivity index (χ3n) is 4.60. The predicted molar refractivity (Wildman–Crippen MR) is 63.1 cm³/mol. The maximum absolute atomic E-state index is 12.3. The zero-order valence-electron chi connectivity index (χ0n) is 10.0. The zero-order chi connectivity index (χ0) is 11.0. The molecule has 0 aromatic heterocycles. The van der Waals surface area contributed by atoms with Crippen molar-refractivity contribution in [3.8, 4) is 0 Å². The van der Waals surface area contributed by atoms with E-state index in [1.165, 1.54) is 32.2 Å². The molecule has 1 saturated carbocycles. The van der Waals surface area contributed by atoms with Crippen LogP contribution in [0, 0.1) is 5.92 Å². The zero-order valence-corrected chi connectivity index (χ0v) is 10.0. The quantitative estimate of drug-likeness (QED) is 0.671. The maximum Gasteiger partial charge on any atom is 0.225 e. The Morgan fingerprint density at radius 3 is 2.56 bits per heavy atom. The molecule has 16 heavy (non-hydrogen) atoms. The van der Waals surface area contributed by atoms with Crippen LogP contribution in [-0.4, -0.2) is 47.9 Å². The topological polar surface area (TPSA) is 23.6 Å². The number of hydrogen-bond donors (Lipinski definition) is 0. The molecule has 1 aliphatic carbocycles. The van der Waals surface area contributed by atoms with Crippen LogP contribution in [0.5, 0.6) is 0 Å². The van der Waals surface area contributed by atoms with E-state index in [4.69, 9.17) is 0 Å². The van der Waals surface area contributed by atoms with E-state index in [9.17, 15) is 4.79 Å². The molecule has 1 unspecified atom stereocenters. The van der Waals surface area contributed by atoms with E-state index in [-0.39, 0.29) is 0 Å². The standard InChI is InChI=1S/C13H22N2O/c16-13(11-4-1-2-5-11)15-9-8-14-7-3-6-12(14)10-15/h11-12H,1-10H2. The first-order valence-corrected chi connectivity index (χ1v) is 6.87. The second kappa shape index (κ2) is 4.36. The summed E-state index contributed by atoms with van der Waals surface area (Å²) in [6, 6.07) is 0.680. The van der Waals surface area contributed by atoms with Crippen LogP contribution in [-0.2, 0) is 4.79 Å².